The van der Waals surface area contributed by atoms with E-state index in [1.165, 1.54) is 12.8 Å². The quantitative estimate of drug-likeness (QED) is 0.869. The summed E-state index contributed by atoms with van der Waals surface area (Å²) in [5, 5.41) is 8.30. The molecule has 1 aliphatic heterocycles. The maximum Gasteiger partial charge on any atom is 0.274 e. The molecule has 0 spiro atoms. The van der Waals surface area contributed by atoms with Gasteiger partial charge in [-0.05, 0) is 30.5 Å². The molecule has 114 valence electrons. The van der Waals surface area contributed by atoms with Crippen molar-refractivity contribution in [3.05, 3.63) is 53.7 Å². The molecule has 1 aliphatic rings. The van der Waals surface area contributed by atoms with E-state index in [0.717, 1.165) is 24.5 Å². The summed E-state index contributed by atoms with van der Waals surface area (Å²) in [6.07, 6.45) is 2.39. The third-order valence-corrected chi connectivity index (χ3v) is 3.91. The predicted octanol–water partition coefficient (Wildman–Crippen LogP) is 2.35. The molecule has 0 saturated carbocycles. The number of aromatic nitrogens is 2. The Morgan fingerprint density at radius 2 is 1.82 bits per heavy atom. The van der Waals surface area contributed by atoms with Gasteiger partial charge in [0.1, 0.15) is 0 Å². The number of hydrogen-bond acceptors (Lipinski definition) is 4. The SMILES string of the molecule is CN(Cc1ccccc1)C(=O)c1ccc(N2CCCC2)nn1. The molecule has 0 radical (unpaired) electrons. The summed E-state index contributed by atoms with van der Waals surface area (Å²) in [7, 11) is 1.78. The minimum Gasteiger partial charge on any atom is -0.355 e. The van der Waals surface area contributed by atoms with Gasteiger partial charge in [-0.1, -0.05) is 30.3 Å². The first-order valence-electron chi connectivity index (χ1n) is 7.62. The number of rotatable bonds is 4. The van der Waals surface area contributed by atoms with Crippen LogP contribution in [0.15, 0.2) is 42.5 Å². The number of hydrogen-bond donors (Lipinski definition) is 0. The van der Waals surface area contributed by atoms with Gasteiger partial charge in [-0.2, -0.15) is 0 Å². The lowest BCUT2D eigenvalue weighted by molar-refractivity contribution is 0.0778. The highest BCUT2D eigenvalue weighted by atomic mass is 16.2. The van der Waals surface area contributed by atoms with Gasteiger partial charge in [0.2, 0.25) is 0 Å². The van der Waals surface area contributed by atoms with E-state index < -0.39 is 0 Å². The Balaban J connectivity index is 1.66. The van der Waals surface area contributed by atoms with Crippen molar-refractivity contribution in [3.63, 3.8) is 0 Å². The fourth-order valence-corrected chi connectivity index (χ4v) is 2.68. The van der Waals surface area contributed by atoms with Gasteiger partial charge in [0.05, 0.1) is 0 Å². The first kappa shape index (κ1) is 14.5. The van der Waals surface area contributed by atoms with Crippen molar-refractivity contribution in [2.75, 3.05) is 25.0 Å². The van der Waals surface area contributed by atoms with Crippen LogP contribution in [0.5, 0.6) is 0 Å². The molecule has 0 unspecified atom stereocenters. The summed E-state index contributed by atoms with van der Waals surface area (Å²) in [6, 6.07) is 13.6. The average Bonchev–Trinajstić information content (AvgIpc) is 3.10. The van der Waals surface area contributed by atoms with Crippen molar-refractivity contribution in [2.24, 2.45) is 0 Å². The second-order valence-corrected chi connectivity index (χ2v) is 5.62. The lowest BCUT2D eigenvalue weighted by atomic mass is 10.2. The first-order valence-corrected chi connectivity index (χ1v) is 7.62. The molecule has 0 atom stereocenters. The minimum atomic E-state index is -0.107. The zero-order chi connectivity index (χ0) is 15.4. The van der Waals surface area contributed by atoms with Gasteiger partial charge in [-0.15, -0.1) is 10.2 Å². The van der Waals surface area contributed by atoms with E-state index in [1.54, 1.807) is 18.0 Å². The number of benzene rings is 1. The normalized spacial score (nSPS) is 14.1. The molecule has 0 aliphatic carbocycles. The van der Waals surface area contributed by atoms with Crippen molar-refractivity contribution in [1.82, 2.24) is 15.1 Å². The Morgan fingerprint density at radius 1 is 1.09 bits per heavy atom. The van der Waals surface area contributed by atoms with Gasteiger partial charge >= 0.3 is 0 Å². The van der Waals surface area contributed by atoms with Crippen molar-refractivity contribution in [1.29, 1.82) is 0 Å². The van der Waals surface area contributed by atoms with E-state index >= 15 is 0 Å². The number of carbonyl (C=O) groups excluding carboxylic acids is 1. The van der Waals surface area contributed by atoms with E-state index in [0.29, 0.717) is 12.2 Å². The van der Waals surface area contributed by atoms with E-state index in [2.05, 4.69) is 15.1 Å². The third-order valence-electron chi connectivity index (χ3n) is 3.91. The summed E-state index contributed by atoms with van der Waals surface area (Å²) in [5.74, 6) is 0.754. The van der Waals surface area contributed by atoms with Gasteiger partial charge in [0.15, 0.2) is 11.5 Å². The molecule has 2 heterocycles. The van der Waals surface area contributed by atoms with Crippen molar-refractivity contribution < 1.29 is 4.79 Å². The van der Waals surface area contributed by atoms with Crippen LogP contribution in [-0.2, 0) is 6.54 Å². The molecule has 3 rings (SSSR count). The Hall–Kier alpha value is -2.43. The number of anilines is 1. The molecular formula is C17H20N4O. The Bertz CT molecular complexity index is 621. The molecule has 1 aromatic carbocycles. The Morgan fingerprint density at radius 3 is 2.45 bits per heavy atom. The summed E-state index contributed by atoms with van der Waals surface area (Å²) in [4.78, 5) is 16.3. The van der Waals surface area contributed by atoms with Gasteiger partial charge in [0, 0.05) is 26.7 Å². The number of nitrogens with zero attached hydrogens (tertiary/aromatic N) is 4. The van der Waals surface area contributed by atoms with Crippen LogP contribution in [0.4, 0.5) is 5.82 Å². The smallest absolute Gasteiger partial charge is 0.274 e. The molecule has 1 aromatic heterocycles. The fourth-order valence-electron chi connectivity index (χ4n) is 2.68. The maximum atomic E-state index is 12.4. The van der Waals surface area contributed by atoms with Gasteiger partial charge in [0.25, 0.3) is 5.91 Å². The highest BCUT2D eigenvalue weighted by molar-refractivity contribution is 5.92. The molecule has 0 N–H and O–H groups in total. The molecule has 5 heteroatoms. The highest BCUT2D eigenvalue weighted by Crippen LogP contribution is 2.17. The van der Waals surface area contributed by atoms with Crippen LogP contribution in [0, 0.1) is 0 Å². The predicted molar refractivity (Wildman–Crippen MR) is 85.7 cm³/mol. The van der Waals surface area contributed by atoms with E-state index in [1.807, 2.05) is 36.4 Å². The molecule has 1 saturated heterocycles. The second kappa shape index (κ2) is 6.56. The molecule has 22 heavy (non-hydrogen) atoms. The zero-order valence-corrected chi connectivity index (χ0v) is 12.8. The van der Waals surface area contributed by atoms with Crippen molar-refractivity contribution >= 4 is 11.7 Å². The van der Waals surface area contributed by atoms with E-state index in [4.69, 9.17) is 0 Å². The second-order valence-electron chi connectivity index (χ2n) is 5.62. The van der Waals surface area contributed by atoms with Crippen LogP contribution in [0.1, 0.15) is 28.9 Å². The highest BCUT2D eigenvalue weighted by Gasteiger charge is 2.17. The van der Waals surface area contributed by atoms with Gasteiger partial charge < -0.3 is 9.80 Å². The topological polar surface area (TPSA) is 49.3 Å². The average molecular weight is 296 g/mol. The summed E-state index contributed by atoms with van der Waals surface area (Å²) in [5.41, 5.74) is 1.49. The van der Waals surface area contributed by atoms with Crippen LogP contribution in [0.2, 0.25) is 0 Å². The van der Waals surface area contributed by atoms with Crippen molar-refractivity contribution in [3.8, 4) is 0 Å². The molecule has 1 amide bonds. The van der Waals surface area contributed by atoms with Gasteiger partial charge in [-0.25, -0.2) is 0 Å². The molecular weight excluding hydrogens is 276 g/mol. The Labute approximate surface area is 130 Å². The van der Waals surface area contributed by atoms with Crippen molar-refractivity contribution in [2.45, 2.75) is 19.4 Å². The lowest BCUT2D eigenvalue weighted by Gasteiger charge is -2.18. The third kappa shape index (κ3) is 3.24. The van der Waals surface area contributed by atoms with Gasteiger partial charge in [-0.3, -0.25) is 4.79 Å². The molecule has 1 fully saturated rings. The summed E-state index contributed by atoms with van der Waals surface area (Å²) >= 11 is 0. The maximum absolute atomic E-state index is 12.4. The summed E-state index contributed by atoms with van der Waals surface area (Å²) < 4.78 is 0. The van der Waals surface area contributed by atoms with Crippen LogP contribution >= 0.6 is 0 Å². The van der Waals surface area contributed by atoms with Crippen LogP contribution < -0.4 is 4.90 Å². The van der Waals surface area contributed by atoms with E-state index in [-0.39, 0.29) is 5.91 Å². The Kier molecular flexibility index (Phi) is 4.32. The monoisotopic (exact) mass is 296 g/mol. The van der Waals surface area contributed by atoms with Crippen LogP contribution in [-0.4, -0.2) is 41.1 Å². The molecule has 2 aromatic rings. The number of carbonyl (C=O) groups is 1. The van der Waals surface area contributed by atoms with Crippen LogP contribution in [0.3, 0.4) is 0 Å². The van der Waals surface area contributed by atoms with Crippen LogP contribution in [0.25, 0.3) is 0 Å². The van der Waals surface area contributed by atoms with E-state index in [9.17, 15) is 4.79 Å². The molecule has 0 bridgehead atoms. The fraction of sp³-hybridized carbons (Fsp3) is 0.353. The first-order chi connectivity index (χ1) is 10.7. The number of amides is 1. The summed E-state index contributed by atoms with van der Waals surface area (Å²) in [6.45, 7) is 2.61. The zero-order valence-electron chi connectivity index (χ0n) is 12.8. The standard InChI is InChI=1S/C17H20N4O/c1-20(13-14-7-3-2-4-8-14)17(22)15-9-10-16(19-18-15)21-11-5-6-12-21/h2-4,7-10H,5-6,11-13H2,1H3. The minimum absolute atomic E-state index is 0.107. The largest absolute Gasteiger partial charge is 0.355 e. The lowest BCUT2D eigenvalue weighted by Crippen LogP contribution is -2.27. The molecule has 5 nitrogen and oxygen atoms in total.